The van der Waals surface area contributed by atoms with Crippen LogP contribution < -0.4 is 11.3 Å². The fraction of sp³-hybridized carbons (Fsp3) is 0.353. The van der Waals surface area contributed by atoms with E-state index in [1.54, 1.807) is 11.8 Å². The van der Waals surface area contributed by atoms with Crippen LogP contribution in [-0.4, -0.2) is 33.9 Å². The Hall–Kier alpha value is -1.99. The molecule has 3 N–H and O–H groups in total. The van der Waals surface area contributed by atoms with E-state index in [9.17, 15) is 4.79 Å². The van der Waals surface area contributed by atoms with Gasteiger partial charge in [0.15, 0.2) is 5.96 Å². The van der Waals surface area contributed by atoms with E-state index in [4.69, 9.17) is 17.3 Å². The Morgan fingerprint density at radius 1 is 1.28 bits per heavy atom. The molecule has 2 heterocycles. The number of hydrogen-bond acceptors (Lipinski definition) is 4. The normalized spacial score (nSPS) is 15.4. The molecule has 2 aromatic rings. The Kier molecular flexibility index (Phi) is 5.99. The van der Waals surface area contributed by atoms with Crippen LogP contribution in [0.1, 0.15) is 25.0 Å². The summed E-state index contributed by atoms with van der Waals surface area (Å²) in [4.78, 5) is 26.3. The maximum absolute atomic E-state index is 11.9. The van der Waals surface area contributed by atoms with E-state index in [1.807, 2.05) is 29.2 Å². The lowest BCUT2D eigenvalue weighted by molar-refractivity contribution is 0.339. The largest absolute Gasteiger partial charge is 0.369 e. The quantitative estimate of drug-likeness (QED) is 0.485. The van der Waals surface area contributed by atoms with Gasteiger partial charge in [-0.25, -0.2) is 4.98 Å². The van der Waals surface area contributed by atoms with Gasteiger partial charge in [0.05, 0.1) is 5.69 Å². The number of guanidine groups is 1. The number of rotatable bonds is 4. The maximum Gasteiger partial charge on any atom is 0.252 e. The third-order valence-electron chi connectivity index (χ3n) is 3.88. The summed E-state index contributed by atoms with van der Waals surface area (Å²) >= 11 is 7.47. The van der Waals surface area contributed by atoms with Crippen molar-refractivity contribution in [2.24, 2.45) is 10.7 Å². The van der Waals surface area contributed by atoms with Gasteiger partial charge in [-0.2, -0.15) is 4.99 Å². The number of nitrogens with one attached hydrogen (secondary N) is 1. The standard InChI is InChI=1S/C17H20ClN5OS/c18-12-4-6-14(7-5-12)25-11-13-10-15(24)21-17(20-13)22-16(19)23-8-2-1-3-9-23/h4-7,10H,1-3,8-9,11H2,(H3,19,20,21,22,24). The van der Waals surface area contributed by atoms with Crippen molar-refractivity contribution in [2.45, 2.75) is 29.9 Å². The molecule has 1 aliphatic rings. The molecular weight excluding hydrogens is 358 g/mol. The molecule has 3 rings (SSSR count). The Morgan fingerprint density at radius 3 is 2.72 bits per heavy atom. The zero-order chi connectivity index (χ0) is 17.6. The number of thioether (sulfide) groups is 1. The summed E-state index contributed by atoms with van der Waals surface area (Å²) in [5, 5.41) is 0.698. The van der Waals surface area contributed by atoms with E-state index in [0.717, 1.165) is 30.8 Å². The average molecular weight is 378 g/mol. The first-order valence-corrected chi connectivity index (χ1v) is 9.54. The van der Waals surface area contributed by atoms with E-state index >= 15 is 0 Å². The molecule has 0 radical (unpaired) electrons. The van der Waals surface area contributed by atoms with Gasteiger partial charge in [-0.3, -0.25) is 9.78 Å². The number of likely N-dealkylation sites (tertiary alicyclic amines) is 1. The monoisotopic (exact) mass is 377 g/mol. The lowest BCUT2D eigenvalue weighted by Gasteiger charge is -2.27. The van der Waals surface area contributed by atoms with Crippen molar-refractivity contribution >= 4 is 35.3 Å². The van der Waals surface area contributed by atoms with E-state index in [0.29, 0.717) is 22.4 Å². The molecule has 0 saturated carbocycles. The van der Waals surface area contributed by atoms with Crippen molar-refractivity contribution in [1.29, 1.82) is 0 Å². The summed E-state index contributed by atoms with van der Waals surface area (Å²) in [6, 6.07) is 9.04. The van der Waals surface area contributed by atoms with Gasteiger partial charge in [0.1, 0.15) is 0 Å². The molecule has 0 unspecified atom stereocenters. The SMILES string of the molecule is NC(=Nc1nc(CSc2ccc(Cl)cc2)cc(=O)[nH]1)N1CCCCC1. The second kappa shape index (κ2) is 8.40. The molecule has 0 spiro atoms. The van der Waals surface area contributed by atoms with Crippen LogP contribution in [0.3, 0.4) is 0 Å². The zero-order valence-corrected chi connectivity index (χ0v) is 15.3. The fourth-order valence-electron chi connectivity index (χ4n) is 2.61. The highest BCUT2D eigenvalue weighted by Gasteiger charge is 2.12. The third-order valence-corrected chi connectivity index (χ3v) is 5.18. The number of hydrogen-bond donors (Lipinski definition) is 2. The highest BCUT2D eigenvalue weighted by molar-refractivity contribution is 7.98. The molecule has 1 fully saturated rings. The van der Waals surface area contributed by atoms with Crippen LogP contribution in [0.4, 0.5) is 5.95 Å². The first-order chi connectivity index (χ1) is 12.1. The lowest BCUT2D eigenvalue weighted by atomic mass is 10.1. The van der Waals surface area contributed by atoms with Crippen LogP contribution in [0, 0.1) is 0 Å². The van der Waals surface area contributed by atoms with E-state index in [-0.39, 0.29) is 11.5 Å². The van der Waals surface area contributed by atoms with Crippen molar-refractivity contribution in [3.63, 3.8) is 0 Å². The summed E-state index contributed by atoms with van der Waals surface area (Å²) < 4.78 is 0. The van der Waals surface area contributed by atoms with Crippen molar-refractivity contribution in [3.05, 3.63) is 51.4 Å². The number of aliphatic imine (C=N–C) groups is 1. The number of nitrogens with two attached hydrogens (primary N) is 1. The van der Waals surface area contributed by atoms with Crippen LogP contribution in [0.2, 0.25) is 5.02 Å². The van der Waals surface area contributed by atoms with E-state index < -0.39 is 0 Å². The predicted octanol–water partition coefficient (Wildman–Crippen LogP) is 3.15. The highest BCUT2D eigenvalue weighted by Crippen LogP contribution is 2.23. The number of H-pyrrole nitrogens is 1. The molecule has 132 valence electrons. The molecule has 0 amide bonds. The minimum absolute atomic E-state index is 0.230. The van der Waals surface area contributed by atoms with E-state index in [1.165, 1.54) is 12.5 Å². The van der Waals surface area contributed by atoms with Gasteiger partial charge in [-0.05, 0) is 43.5 Å². The zero-order valence-electron chi connectivity index (χ0n) is 13.7. The molecule has 1 saturated heterocycles. The van der Waals surface area contributed by atoms with Gasteiger partial charge in [-0.15, -0.1) is 11.8 Å². The van der Waals surface area contributed by atoms with Gasteiger partial charge >= 0.3 is 0 Å². The number of halogens is 1. The second-order valence-corrected chi connectivity index (χ2v) is 7.31. The van der Waals surface area contributed by atoms with Gasteiger partial charge in [-0.1, -0.05) is 11.6 Å². The lowest BCUT2D eigenvalue weighted by Crippen LogP contribution is -2.40. The first-order valence-electron chi connectivity index (χ1n) is 8.18. The molecule has 6 nitrogen and oxygen atoms in total. The average Bonchev–Trinajstić information content (AvgIpc) is 2.61. The summed E-state index contributed by atoms with van der Waals surface area (Å²) in [5.41, 5.74) is 6.49. The van der Waals surface area contributed by atoms with Crippen LogP contribution in [0.25, 0.3) is 0 Å². The second-order valence-electron chi connectivity index (χ2n) is 5.82. The molecule has 0 aliphatic carbocycles. The van der Waals surface area contributed by atoms with Crippen LogP contribution in [0.15, 0.2) is 45.0 Å². The third kappa shape index (κ3) is 5.24. The molecular formula is C17H20ClN5OS. The summed E-state index contributed by atoms with van der Waals surface area (Å²) in [6.45, 7) is 1.79. The number of nitrogens with zero attached hydrogens (tertiary/aromatic N) is 3. The highest BCUT2D eigenvalue weighted by atomic mass is 35.5. The summed E-state index contributed by atoms with van der Waals surface area (Å²) in [6.07, 6.45) is 3.44. The number of aromatic amines is 1. The minimum Gasteiger partial charge on any atom is -0.369 e. The van der Waals surface area contributed by atoms with Crippen LogP contribution in [-0.2, 0) is 5.75 Å². The smallest absolute Gasteiger partial charge is 0.252 e. The Balaban J connectivity index is 1.71. The molecule has 25 heavy (non-hydrogen) atoms. The van der Waals surface area contributed by atoms with Crippen molar-refractivity contribution in [3.8, 4) is 0 Å². The summed E-state index contributed by atoms with van der Waals surface area (Å²) in [5.74, 6) is 1.23. The molecule has 0 atom stereocenters. The molecule has 1 aliphatic heterocycles. The van der Waals surface area contributed by atoms with Gasteiger partial charge in [0.25, 0.3) is 5.56 Å². The predicted molar refractivity (Wildman–Crippen MR) is 103 cm³/mol. The van der Waals surface area contributed by atoms with Crippen LogP contribution >= 0.6 is 23.4 Å². The minimum atomic E-state index is -0.230. The molecule has 8 heteroatoms. The number of piperidine rings is 1. The first kappa shape index (κ1) is 17.8. The van der Waals surface area contributed by atoms with Crippen molar-refractivity contribution < 1.29 is 0 Å². The van der Waals surface area contributed by atoms with Crippen molar-refractivity contribution in [1.82, 2.24) is 14.9 Å². The van der Waals surface area contributed by atoms with Gasteiger partial charge in [0.2, 0.25) is 5.95 Å². The molecule has 1 aromatic heterocycles. The molecule has 1 aromatic carbocycles. The Labute approximate surface area is 155 Å². The summed E-state index contributed by atoms with van der Waals surface area (Å²) in [7, 11) is 0. The maximum atomic E-state index is 11.9. The van der Waals surface area contributed by atoms with Crippen molar-refractivity contribution in [2.75, 3.05) is 13.1 Å². The van der Waals surface area contributed by atoms with Gasteiger partial charge in [0, 0.05) is 34.8 Å². The number of aromatic nitrogens is 2. The fourth-order valence-corrected chi connectivity index (χ4v) is 3.53. The van der Waals surface area contributed by atoms with Crippen LogP contribution in [0.5, 0.6) is 0 Å². The number of benzene rings is 1. The Morgan fingerprint density at radius 2 is 2.00 bits per heavy atom. The Bertz CT molecular complexity index is 799. The molecule has 0 bridgehead atoms. The topological polar surface area (TPSA) is 87.4 Å². The van der Waals surface area contributed by atoms with E-state index in [2.05, 4.69) is 15.0 Å². The van der Waals surface area contributed by atoms with Gasteiger partial charge < -0.3 is 10.6 Å².